The van der Waals surface area contributed by atoms with Crippen molar-refractivity contribution in [2.75, 3.05) is 0 Å². The molecule has 12 heteroatoms. The molecule has 12 nitrogen and oxygen atoms in total. The molecule has 0 aliphatic carbocycles. The lowest BCUT2D eigenvalue weighted by molar-refractivity contribution is 0.418. The Morgan fingerprint density at radius 1 is 0.181 bits per heavy atom. The molecule has 0 saturated heterocycles. The smallest absolute Gasteiger partial charge is 0.216 e. The van der Waals surface area contributed by atoms with Gasteiger partial charge in [-0.2, -0.15) is 0 Å². The fourth-order valence-corrected chi connectivity index (χ4v) is 17.3. The molecule has 0 amide bonds. The molecule has 0 unspecified atom stereocenters. The van der Waals surface area contributed by atoms with Crippen molar-refractivity contribution in [2.24, 2.45) is 0 Å². The summed E-state index contributed by atoms with van der Waals surface area (Å²) in [4.78, 5) is 20.3. The van der Waals surface area contributed by atoms with Crippen LogP contribution in [0, 0.1) is 0 Å². The third kappa shape index (κ3) is 12.5. The van der Waals surface area contributed by atoms with Gasteiger partial charge in [-0.25, -0.2) is 19.9 Å². The van der Waals surface area contributed by atoms with Crippen LogP contribution in [0.4, 0.5) is 0 Å². The van der Waals surface area contributed by atoms with Gasteiger partial charge in [0.2, 0.25) is 23.1 Å². The van der Waals surface area contributed by atoms with Crippen LogP contribution in [-0.2, 0) is 22.2 Å². The van der Waals surface area contributed by atoms with Gasteiger partial charge in [-0.15, -0.1) is 0 Å². The zero-order chi connectivity index (χ0) is 79.5. The van der Waals surface area contributed by atoms with E-state index in [0.29, 0.717) is 0 Å². The number of rotatable bonds is 6. The first kappa shape index (κ1) is 72.4. The number of hydrogen-bond donors (Lipinski definition) is 0. The van der Waals surface area contributed by atoms with E-state index in [9.17, 15) is 0 Å². The summed E-state index contributed by atoms with van der Waals surface area (Å²) in [6.07, 6.45) is 0. The van der Waals surface area contributed by atoms with E-state index < -0.39 is 0 Å². The van der Waals surface area contributed by atoms with Crippen molar-refractivity contribution in [1.29, 1.82) is 0 Å². The zero-order valence-electron chi connectivity index (χ0n) is 67.7. The monoisotopic (exact) mass is 1510 g/mol. The van der Waals surface area contributed by atoms with Gasteiger partial charge in [0, 0.05) is 33.3 Å². The predicted molar refractivity (Wildman–Crippen MR) is 485 cm³/mol. The fourth-order valence-electron chi connectivity index (χ4n) is 17.3. The molecule has 8 aromatic heterocycles. The molecule has 0 saturated carbocycles. The number of benzene rings is 14. The Balaban J connectivity index is 0.000000105. The minimum absolute atomic E-state index is 0.00820. The summed E-state index contributed by atoms with van der Waals surface area (Å²) < 4.78 is 18.7. The van der Waals surface area contributed by atoms with Gasteiger partial charge in [0.25, 0.3) is 0 Å². The number of nitrogens with zero attached hydrogens (tertiary/aromatic N) is 12. The number of aromatic nitrogens is 12. The molecule has 568 valence electrons. The molecule has 0 spiro atoms. The maximum atomic E-state index is 5.26. The molecular formula is C104H92N12. The van der Waals surface area contributed by atoms with Gasteiger partial charge in [-0.05, 0) is 224 Å². The molecule has 22 aromatic rings. The van der Waals surface area contributed by atoms with Gasteiger partial charge < -0.3 is 18.3 Å². The van der Waals surface area contributed by atoms with Crippen LogP contribution >= 0.6 is 0 Å². The Morgan fingerprint density at radius 2 is 0.491 bits per heavy atom. The van der Waals surface area contributed by atoms with Crippen LogP contribution in [-0.4, -0.2) is 55.8 Å². The van der Waals surface area contributed by atoms with E-state index in [1.807, 2.05) is 6.07 Å². The summed E-state index contributed by atoms with van der Waals surface area (Å²) >= 11 is 0. The van der Waals surface area contributed by atoms with Crippen LogP contribution in [0.15, 0.2) is 340 Å². The van der Waals surface area contributed by atoms with Crippen LogP contribution in [0.3, 0.4) is 0 Å². The Hall–Kier alpha value is -13.8. The molecule has 0 atom stereocenters. The summed E-state index contributed by atoms with van der Waals surface area (Å²) in [7, 11) is 0. The second-order valence-electron chi connectivity index (χ2n) is 34.3. The third-order valence-corrected chi connectivity index (χ3v) is 22.3. The topological polar surface area (TPSA) is 88.9 Å². The van der Waals surface area contributed by atoms with Gasteiger partial charge in [0.1, 0.15) is 0 Å². The van der Waals surface area contributed by atoms with Crippen LogP contribution < -0.4 is 0 Å². The molecule has 22 rings (SSSR count). The third-order valence-electron chi connectivity index (χ3n) is 22.3. The van der Waals surface area contributed by atoms with E-state index in [2.05, 4.69) is 453 Å². The first-order chi connectivity index (χ1) is 56.1. The van der Waals surface area contributed by atoms with Crippen molar-refractivity contribution >= 4 is 111 Å². The average Bonchev–Trinajstić information content (AvgIpc) is 1.57. The van der Waals surface area contributed by atoms with Gasteiger partial charge >= 0.3 is 0 Å². The first-order valence-corrected chi connectivity index (χ1v) is 40.2. The lowest BCUT2D eigenvalue weighted by atomic mass is 10.0. The maximum Gasteiger partial charge on any atom is 0.216 e. The summed E-state index contributed by atoms with van der Waals surface area (Å²) in [5, 5.41) is 0. The van der Waals surface area contributed by atoms with Crippen molar-refractivity contribution in [3.8, 4) is 66.8 Å². The largest absolute Gasteiger partial charge is 0.304 e. The molecule has 0 aliphatic heterocycles. The van der Waals surface area contributed by atoms with Crippen LogP contribution in [0.25, 0.3) is 178 Å². The molecule has 0 fully saturated rings. The quantitative estimate of drug-likeness (QED) is 0.166. The lowest BCUT2D eigenvalue weighted by Gasteiger charge is -2.23. The van der Waals surface area contributed by atoms with E-state index in [-0.39, 0.29) is 22.2 Å². The highest BCUT2D eigenvalue weighted by Gasteiger charge is 2.30. The summed E-state index contributed by atoms with van der Waals surface area (Å²) in [6, 6.07) is 120. The van der Waals surface area contributed by atoms with Gasteiger partial charge in [0.05, 0.1) is 88.3 Å². The van der Waals surface area contributed by atoms with Crippen molar-refractivity contribution in [1.82, 2.24) is 55.8 Å². The van der Waals surface area contributed by atoms with Crippen molar-refractivity contribution < 1.29 is 0 Å². The average molecular weight is 1510 g/mol. The Labute approximate surface area is 674 Å². The van der Waals surface area contributed by atoms with E-state index in [1.54, 1.807) is 0 Å². The SMILES string of the molecule is CC(C)(C)n1c2c(-c3ccccc3)cccc2n2c3cccc(-c4ccccc4)c3nc12.CC(C)(C)n1c2cc(-c3ccccc3)ccc2n2c3ccc(-c4ccccc4)cc3nc12.CC(C)(C)n1c2ccc(-c3ccccc3)cc2n2c3cc(-c4ccccc4)ccc3nc12.CC(C)(C)n1c2ccccc2n2c3ccccc3nc12. The summed E-state index contributed by atoms with van der Waals surface area (Å²) in [5.74, 6) is 3.96. The lowest BCUT2D eigenvalue weighted by Crippen LogP contribution is -2.22. The van der Waals surface area contributed by atoms with E-state index >= 15 is 0 Å². The Bertz CT molecular complexity index is 7440. The van der Waals surface area contributed by atoms with Crippen LogP contribution in [0.5, 0.6) is 0 Å². The molecule has 116 heavy (non-hydrogen) atoms. The fraction of sp³-hybridized carbons (Fsp3) is 0.154. The predicted octanol–water partition coefficient (Wildman–Crippen LogP) is 26.8. The number of para-hydroxylation sites is 6. The molecular weight excluding hydrogens is 1420 g/mol. The molecule has 8 heterocycles. The second kappa shape index (κ2) is 28.1. The van der Waals surface area contributed by atoms with E-state index in [1.165, 1.54) is 116 Å². The number of imidazole rings is 8. The first-order valence-electron chi connectivity index (χ1n) is 40.2. The Morgan fingerprint density at radius 3 is 1.00 bits per heavy atom. The van der Waals surface area contributed by atoms with Crippen molar-refractivity contribution in [2.45, 2.75) is 105 Å². The highest BCUT2D eigenvalue weighted by atomic mass is 15.3. The number of fused-ring (bicyclic) bond motifs is 20. The Kier molecular flexibility index (Phi) is 17.5. The molecule has 0 radical (unpaired) electrons. The molecule has 0 aliphatic rings. The van der Waals surface area contributed by atoms with E-state index in [0.717, 1.165) is 61.7 Å². The minimum Gasteiger partial charge on any atom is -0.304 e. The standard InChI is InChI=1S/3C29H25N3.C17H17N3/c1-29(2,3)32-27-23(21-14-8-5-9-15-21)17-11-19-25(27)31-24-18-10-16-22(26(24)30-28(31)32)20-12-6-4-7-13-20;1-29(2,3)32-27-19-23(21-12-8-5-9-13-21)15-17-26(27)31-25-16-14-22(18-24(25)30-28(31)32)20-10-6-4-7-11-20;1-29(2,3)32-25-17-15-23(21-12-8-5-9-13-21)19-27(25)31-26-18-22(20-10-6-4-7-11-20)14-16-24(26)30-28(31)32;1-17(2,3)20-15-11-7-6-10-14(15)19-13-9-5-4-8-12(13)18-16(19)20/h3*4-19H,1-3H3;4-11H,1-3H3. The minimum atomic E-state index is -0.137. The zero-order valence-corrected chi connectivity index (χ0v) is 67.7. The second-order valence-corrected chi connectivity index (χ2v) is 34.3. The van der Waals surface area contributed by atoms with Crippen molar-refractivity contribution in [3.63, 3.8) is 0 Å². The van der Waals surface area contributed by atoms with Crippen molar-refractivity contribution in [3.05, 3.63) is 340 Å². The van der Waals surface area contributed by atoms with Gasteiger partial charge in [-0.3, -0.25) is 17.6 Å². The molecule has 0 bridgehead atoms. The summed E-state index contributed by atoms with van der Waals surface area (Å²) in [5.41, 5.74) is 32.5. The van der Waals surface area contributed by atoms with Gasteiger partial charge in [-0.1, -0.05) is 255 Å². The maximum absolute atomic E-state index is 5.26. The van der Waals surface area contributed by atoms with Crippen LogP contribution in [0.1, 0.15) is 83.1 Å². The summed E-state index contributed by atoms with van der Waals surface area (Å²) in [6.45, 7) is 26.9. The van der Waals surface area contributed by atoms with Gasteiger partial charge in [0.15, 0.2) is 0 Å². The molecule has 14 aromatic carbocycles. The molecule has 0 N–H and O–H groups in total. The highest BCUT2D eigenvalue weighted by Crippen LogP contribution is 2.42. The normalized spacial score (nSPS) is 12.3. The van der Waals surface area contributed by atoms with E-state index in [4.69, 9.17) is 19.9 Å². The van der Waals surface area contributed by atoms with Crippen LogP contribution in [0.2, 0.25) is 0 Å². The number of hydrogen-bond acceptors (Lipinski definition) is 4. The highest BCUT2D eigenvalue weighted by molar-refractivity contribution is 6.03.